The minimum absolute atomic E-state index is 0.182. The second-order valence-corrected chi connectivity index (χ2v) is 3.22. The topological polar surface area (TPSA) is 61.8 Å². The summed E-state index contributed by atoms with van der Waals surface area (Å²) in [4.78, 5) is 22.5. The van der Waals surface area contributed by atoms with Crippen LogP contribution >= 0.6 is 0 Å². The van der Waals surface area contributed by atoms with E-state index in [4.69, 9.17) is 4.74 Å². The van der Waals surface area contributed by atoms with Crippen molar-refractivity contribution in [2.75, 3.05) is 14.2 Å². The normalized spacial score (nSPS) is 11.4. The molecule has 1 aromatic carbocycles. The van der Waals surface area contributed by atoms with Crippen LogP contribution in [0.2, 0.25) is 0 Å². The van der Waals surface area contributed by atoms with E-state index in [1.54, 1.807) is 24.3 Å². The van der Waals surface area contributed by atoms with Crippen molar-refractivity contribution >= 4 is 11.9 Å². The fourth-order valence-electron chi connectivity index (χ4n) is 1.20. The third kappa shape index (κ3) is 4.14. The highest BCUT2D eigenvalue weighted by Gasteiger charge is 2.25. The second-order valence-electron chi connectivity index (χ2n) is 3.22. The number of para-hydroxylation sites is 1. The molecule has 92 valence electrons. The molecule has 5 nitrogen and oxygen atoms in total. The molecule has 1 aromatic rings. The number of esters is 2. The molecule has 1 atom stereocenters. The molecule has 17 heavy (non-hydrogen) atoms. The van der Waals surface area contributed by atoms with Gasteiger partial charge in [0.2, 0.25) is 6.10 Å². The molecule has 0 radical (unpaired) electrons. The van der Waals surface area contributed by atoms with E-state index in [1.165, 1.54) is 14.2 Å². The van der Waals surface area contributed by atoms with Crippen LogP contribution in [0.3, 0.4) is 0 Å². The Kier molecular flexibility index (Phi) is 5.00. The first kappa shape index (κ1) is 13.0. The summed E-state index contributed by atoms with van der Waals surface area (Å²) in [7, 11) is 2.49. The first-order valence-electron chi connectivity index (χ1n) is 5.03. The van der Waals surface area contributed by atoms with Gasteiger partial charge in [-0.2, -0.15) is 0 Å². The lowest BCUT2D eigenvalue weighted by molar-refractivity contribution is -0.155. The standard InChI is InChI=1S/C12H14O5/c1-15-11(13)8-10(12(14)16-2)17-9-6-4-3-5-7-9/h3-7,10H,8H2,1-2H3. The Balaban J connectivity index is 2.70. The van der Waals surface area contributed by atoms with E-state index in [2.05, 4.69) is 9.47 Å². The fraction of sp³-hybridized carbons (Fsp3) is 0.333. The Morgan fingerprint density at radius 2 is 1.76 bits per heavy atom. The van der Waals surface area contributed by atoms with E-state index >= 15 is 0 Å². The highest BCUT2D eigenvalue weighted by atomic mass is 16.6. The summed E-state index contributed by atoms with van der Waals surface area (Å²) in [5, 5.41) is 0. The number of rotatable bonds is 5. The fourth-order valence-corrected chi connectivity index (χ4v) is 1.20. The monoisotopic (exact) mass is 238 g/mol. The number of hydrogen-bond donors (Lipinski definition) is 0. The zero-order valence-corrected chi connectivity index (χ0v) is 9.71. The van der Waals surface area contributed by atoms with Crippen LogP contribution in [0.1, 0.15) is 6.42 Å². The molecule has 0 fully saturated rings. The second kappa shape index (κ2) is 6.52. The first-order valence-corrected chi connectivity index (χ1v) is 5.03. The van der Waals surface area contributed by atoms with Gasteiger partial charge in [0.15, 0.2) is 0 Å². The number of carbonyl (C=O) groups is 2. The minimum Gasteiger partial charge on any atom is -0.478 e. The largest absolute Gasteiger partial charge is 0.478 e. The Morgan fingerprint density at radius 3 is 2.29 bits per heavy atom. The molecule has 0 N–H and O–H groups in total. The van der Waals surface area contributed by atoms with Crippen LogP contribution in [-0.4, -0.2) is 32.3 Å². The summed E-state index contributed by atoms with van der Waals surface area (Å²) in [6.07, 6.45) is -1.17. The SMILES string of the molecule is COC(=O)CC(Oc1ccccc1)C(=O)OC. The summed E-state index contributed by atoms with van der Waals surface area (Å²) in [5.74, 6) is -0.651. The van der Waals surface area contributed by atoms with E-state index in [1.807, 2.05) is 6.07 Å². The zero-order chi connectivity index (χ0) is 12.7. The van der Waals surface area contributed by atoms with Crippen LogP contribution < -0.4 is 4.74 Å². The third-order valence-corrected chi connectivity index (χ3v) is 2.07. The predicted octanol–water partition coefficient (Wildman–Crippen LogP) is 1.17. The maximum Gasteiger partial charge on any atom is 0.347 e. The van der Waals surface area contributed by atoms with Gasteiger partial charge in [0, 0.05) is 0 Å². The molecule has 5 heteroatoms. The van der Waals surface area contributed by atoms with Crippen molar-refractivity contribution in [2.45, 2.75) is 12.5 Å². The molecule has 0 aliphatic rings. The highest BCUT2D eigenvalue weighted by Crippen LogP contribution is 2.13. The Hall–Kier alpha value is -2.04. The van der Waals surface area contributed by atoms with Gasteiger partial charge in [-0.25, -0.2) is 4.79 Å². The van der Waals surface area contributed by atoms with E-state index in [9.17, 15) is 9.59 Å². The minimum atomic E-state index is -0.991. The molecule has 1 unspecified atom stereocenters. The van der Waals surface area contributed by atoms with Crippen LogP contribution in [-0.2, 0) is 19.1 Å². The quantitative estimate of drug-likeness (QED) is 0.720. The lowest BCUT2D eigenvalue weighted by atomic mass is 10.2. The molecular formula is C12H14O5. The molecule has 0 spiro atoms. The number of methoxy groups -OCH3 is 2. The summed E-state index contributed by atoms with van der Waals surface area (Å²) in [6.45, 7) is 0. The Bertz CT molecular complexity index is 374. The Labute approximate surface area is 99.3 Å². The maximum atomic E-state index is 11.4. The van der Waals surface area contributed by atoms with Crippen LogP contribution in [0.25, 0.3) is 0 Å². The molecule has 0 saturated carbocycles. The lowest BCUT2D eigenvalue weighted by Crippen LogP contribution is -2.31. The highest BCUT2D eigenvalue weighted by molar-refractivity contribution is 5.82. The first-order chi connectivity index (χ1) is 8.17. The molecular weight excluding hydrogens is 224 g/mol. The number of benzene rings is 1. The summed E-state index contributed by atoms with van der Waals surface area (Å²) < 4.78 is 14.4. The molecule has 0 heterocycles. The lowest BCUT2D eigenvalue weighted by Gasteiger charge is -2.15. The van der Waals surface area contributed by atoms with Crippen molar-refractivity contribution in [3.63, 3.8) is 0 Å². The van der Waals surface area contributed by atoms with E-state index in [-0.39, 0.29) is 6.42 Å². The van der Waals surface area contributed by atoms with Crippen LogP contribution in [0, 0.1) is 0 Å². The van der Waals surface area contributed by atoms with Crippen LogP contribution in [0.4, 0.5) is 0 Å². The summed E-state index contributed by atoms with van der Waals surface area (Å²) >= 11 is 0. The predicted molar refractivity (Wildman–Crippen MR) is 59.5 cm³/mol. The number of carbonyl (C=O) groups excluding carboxylic acids is 2. The molecule has 1 rings (SSSR count). The molecule has 0 aromatic heterocycles. The molecule has 0 saturated heterocycles. The van der Waals surface area contributed by atoms with E-state index < -0.39 is 18.0 Å². The van der Waals surface area contributed by atoms with Gasteiger partial charge in [0.05, 0.1) is 20.6 Å². The summed E-state index contributed by atoms with van der Waals surface area (Å²) in [5.41, 5.74) is 0. The zero-order valence-electron chi connectivity index (χ0n) is 9.71. The van der Waals surface area contributed by atoms with Crippen molar-refractivity contribution in [2.24, 2.45) is 0 Å². The average Bonchev–Trinajstić information content (AvgIpc) is 2.38. The molecule has 0 amide bonds. The van der Waals surface area contributed by atoms with Gasteiger partial charge >= 0.3 is 11.9 Å². The van der Waals surface area contributed by atoms with Gasteiger partial charge < -0.3 is 14.2 Å². The number of ether oxygens (including phenoxy) is 3. The van der Waals surface area contributed by atoms with E-state index in [0.29, 0.717) is 5.75 Å². The number of hydrogen-bond acceptors (Lipinski definition) is 5. The average molecular weight is 238 g/mol. The molecule has 0 aliphatic heterocycles. The maximum absolute atomic E-state index is 11.4. The van der Waals surface area contributed by atoms with Gasteiger partial charge in [-0.05, 0) is 12.1 Å². The van der Waals surface area contributed by atoms with Gasteiger partial charge in [-0.3, -0.25) is 4.79 Å². The van der Waals surface area contributed by atoms with Crippen molar-refractivity contribution in [3.8, 4) is 5.75 Å². The van der Waals surface area contributed by atoms with Crippen LogP contribution in [0.15, 0.2) is 30.3 Å². The Morgan fingerprint density at radius 1 is 1.12 bits per heavy atom. The van der Waals surface area contributed by atoms with Crippen LogP contribution in [0.5, 0.6) is 5.75 Å². The smallest absolute Gasteiger partial charge is 0.347 e. The van der Waals surface area contributed by atoms with Crippen molar-refractivity contribution in [1.82, 2.24) is 0 Å². The molecule has 0 aliphatic carbocycles. The van der Waals surface area contributed by atoms with Crippen molar-refractivity contribution in [1.29, 1.82) is 0 Å². The van der Waals surface area contributed by atoms with Crippen molar-refractivity contribution in [3.05, 3.63) is 30.3 Å². The van der Waals surface area contributed by atoms with Gasteiger partial charge in [0.25, 0.3) is 0 Å². The molecule has 0 bridgehead atoms. The van der Waals surface area contributed by atoms with E-state index in [0.717, 1.165) is 0 Å². The van der Waals surface area contributed by atoms with Gasteiger partial charge in [0.1, 0.15) is 5.75 Å². The third-order valence-electron chi connectivity index (χ3n) is 2.07. The van der Waals surface area contributed by atoms with Gasteiger partial charge in [-0.15, -0.1) is 0 Å². The van der Waals surface area contributed by atoms with Crippen molar-refractivity contribution < 1.29 is 23.8 Å². The summed E-state index contributed by atoms with van der Waals surface area (Å²) in [6, 6.07) is 8.73. The van der Waals surface area contributed by atoms with Gasteiger partial charge in [-0.1, -0.05) is 18.2 Å².